The normalized spacial score (nSPS) is 12.5. The van der Waals surface area contributed by atoms with Crippen LogP contribution >= 0.6 is 27.3 Å². The van der Waals surface area contributed by atoms with Gasteiger partial charge in [0.25, 0.3) is 5.56 Å². The highest BCUT2D eigenvalue weighted by Gasteiger charge is 2.11. The largest absolute Gasteiger partial charge is 0.507 e. The average Bonchev–Trinajstić information content (AvgIpc) is 3.02. The van der Waals surface area contributed by atoms with Crippen LogP contribution in [0.4, 0.5) is 0 Å². The monoisotopic (exact) mass is 388 g/mol. The highest BCUT2D eigenvalue weighted by Crippen LogP contribution is 2.31. The molecule has 5 nitrogen and oxygen atoms in total. The van der Waals surface area contributed by atoms with E-state index in [0.29, 0.717) is 19.5 Å². The van der Waals surface area contributed by atoms with Crippen molar-refractivity contribution in [3.05, 3.63) is 61.3 Å². The number of thiazole rings is 1. The second-order valence-corrected chi connectivity index (χ2v) is 6.86. The predicted octanol–water partition coefficient (Wildman–Crippen LogP) is 2.63. The number of halogens is 1. The summed E-state index contributed by atoms with van der Waals surface area (Å²) >= 11 is 4.46. The summed E-state index contributed by atoms with van der Waals surface area (Å²) in [6.45, 7) is 0. The molecule has 0 atom stereocenters. The van der Waals surface area contributed by atoms with Crippen molar-refractivity contribution in [1.82, 2.24) is 9.38 Å². The fraction of sp³-hybridized carbons (Fsp3) is 0. The standard InChI is InChI=1S/C16H9BrN2O3S/c17-9-5-8(12(20)7-13(9)21)6-14-15(22)19-11-4-2-1-3-10(11)18-16(19)23-14/h1-7,20-21H/b14-6-. The molecule has 4 rings (SSSR count). The molecule has 0 unspecified atom stereocenters. The molecule has 23 heavy (non-hydrogen) atoms. The maximum atomic E-state index is 12.6. The SMILES string of the molecule is O=c1/c(=C/c2cc(Br)c(O)cc2O)sc2nc3ccccc3n12. The number of fused-ring (bicyclic) bond motifs is 3. The highest BCUT2D eigenvalue weighted by molar-refractivity contribution is 9.10. The van der Waals surface area contributed by atoms with Crippen molar-refractivity contribution in [2.45, 2.75) is 0 Å². The average molecular weight is 389 g/mol. The number of aromatic hydroxyl groups is 2. The second kappa shape index (κ2) is 5.07. The van der Waals surface area contributed by atoms with Crippen molar-refractivity contribution in [3.63, 3.8) is 0 Å². The number of rotatable bonds is 1. The van der Waals surface area contributed by atoms with Crippen LogP contribution in [-0.4, -0.2) is 19.6 Å². The lowest BCUT2D eigenvalue weighted by Crippen LogP contribution is -2.22. The Hall–Kier alpha value is -2.38. The number of imidazole rings is 1. The molecule has 0 saturated carbocycles. The van der Waals surface area contributed by atoms with Crippen molar-refractivity contribution in [3.8, 4) is 11.5 Å². The number of aromatic nitrogens is 2. The van der Waals surface area contributed by atoms with Crippen LogP contribution in [0.25, 0.3) is 22.1 Å². The van der Waals surface area contributed by atoms with Gasteiger partial charge in [-0.15, -0.1) is 0 Å². The molecule has 2 aromatic heterocycles. The first-order valence-corrected chi connectivity index (χ1v) is 8.29. The summed E-state index contributed by atoms with van der Waals surface area (Å²) in [6, 6.07) is 10.2. The van der Waals surface area contributed by atoms with E-state index in [9.17, 15) is 15.0 Å². The van der Waals surface area contributed by atoms with Gasteiger partial charge in [0.15, 0.2) is 4.96 Å². The van der Waals surface area contributed by atoms with Gasteiger partial charge in [0.2, 0.25) is 0 Å². The van der Waals surface area contributed by atoms with Crippen LogP contribution in [0, 0.1) is 0 Å². The molecule has 0 fully saturated rings. The maximum Gasteiger partial charge on any atom is 0.274 e. The van der Waals surface area contributed by atoms with Crippen LogP contribution in [-0.2, 0) is 0 Å². The minimum Gasteiger partial charge on any atom is -0.507 e. The predicted molar refractivity (Wildman–Crippen MR) is 93.1 cm³/mol. The zero-order chi connectivity index (χ0) is 16.1. The van der Waals surface area contributed by atoms with Crippen LogP contribution < -0.4 is 10.1 Å². The number of para-hydroxylation sites is 2. The van der Waals surface area contributed by atoms with E-state index in [-0.39, 0.29) is 17.1 Å². The third kappa shape index (κ3) is 2.20. The number of hydrogen-bond acceptors (Lipinski definition) is 5. The van der Waals surface area contributed by atoms with Gasteiger partial charge in [0, 0.05) is 11.6 Å². The zero-order valence-electron chi connectivity index (χ0n) is 11.5. The van der Waals surface area contributed by atoms with E-state index in [1.54, 1.807) is 16.5 Å². The topological polar surface area (TPSA) is 74.8 Å². The number of hydrogen-bond donors (Lipinski definition) is 2. The van der Waals surface area contributed by atoms with E-state index >= 15 is 0 Å². The molecule has 2 N–H and O–H groups in total. The molecule has 114 valence electrons. The van der Waals surface area contributed by atoms with Gasteiger partial charge in [-0.25, -0.2) is 9.38 Å². The zero-order valence-corrected chi connectivity index (χ0v) is 13.9. The quantitative estimate of drug-likeness (QED) is 0.525. The third-order valence-electron chi connectivity index (χ3n) is 3.53. The van der Waals surface area contributed by atoms with Crippen molar-refractivity contribution in [2.24, 2.45) is 0 Å². The summed E-state index contributed by atoms with van der Waals surface area (Å²) in [7, 11) is 0. The second-order valence-electron chi connectivity index (χ2n) is 5.00. The Morgan fingerprint density at radius 3 is 2.78 bits per heavy atom. The Labute approximate surface area is 141 Å². The third-order valence-corrected chi connectivity index (χ3v) is 5.13. The Balaban J connectivity index is 2.01. The van der Waals surface area contributed by atoms with Crippen LogP contribution in [0.3, 0.4) is 0 Å². The Bertz CT molecular complexity index is 1180. The van der Waals surface area contributed by atoms with Crippen LogP contribution in [0.1, 0.15) is 5.56 Å². The van der Waals surface area contributed by atoms with Crippen LogP contribution in [0.15, 0.2) is 45.7 Å². The molecule has 0 bridgehead atoms. The smallest absolute Gasteiger partial charge is 0.274 e. The number of phenolic OH excluding ortho intramolecular Hbond substituents is 2. The first-order valence-electron chi connectivity index (χ1n) is 6.68. The lowest BCUT2D eigenvalue weighted by atomic mass is 10.2. The maximum absolute atomic E-state index is 12.6. The molecule has 0 amide bonds. The van der Waals surface area contributed by atoms with Crippen molar-refractivity contribution in [2.75, 3.05) is 0 Å². The molecule has 0 aliphatic carbocycles. The van der Waals surface area contributed by atoms with E-state index < -0.39 is 0 Å². The van der Waals surface area contributed by atoms with E-state index in [1.807, 2.05) is 24.3 Å². The van der Waals surface area contributed by atoms with Gasteiger partial charge >= 0.3 is 0 Å². The van der Waals surface area contributed by atoms with Gasteiger partial charge in [0.1, 0.15) is 11.5 Å². The lowest BCUT2D eigenvalue weighted by Gasteiger charge is -2.01. The van der Waals surface area contributed by atoms with E-state index in [0.717, 1.165) is 11.0 Å². The summed E-state index contributed by atoms with van der Waals surface area (Å²) in [5, 5.41) is 19.5. The van der Waals surface area contributed by atoms with Crippen LogP contribution in [0.2, 0.25) is 0 Å². The molecule has 0 aliphatic heterocycles. The molecule has 0 saturated heterocycles. The van der Waals surface area contributed by atoms with E-state index in [2.05, 4.69) is 20.9 Å². The molecule has 2 aromatic carbocycles. The van der Waals surface area contributed by atoms with Gasteiger partial charge in [-0.2, -0.15) is 0 Å². The van der Waals surface area contributed by atoms with Crippen molar-refractivity contribution < 1.29 is 10.2 Å². The first kappa shape index (κ1) is 14.2. The summed E-state index contributed by atoms with van der Waals surface area (Å²) < 4.78 is 2.48. The van der Waals surface area contributed by atoms with Crippen molar-refractivity contribution in [1.29, 1.82) is 0 Å². The molecule has 2 heterocycles. The molecular formula is C16H9BrN2O3S. The fourth-order valence-corrected chi connectivity index (χ4v) is 3.77. The molecule has 7 heteroatoms. The molecule has 0 radical (unpaired) electrons. The van der Waals surface area contributed by atoms with Gasteiger partial charge in [-0.05, 0) is 40.2 Å². The van der Waals surface area contributed by atoms with Gasteiger partial charge < -0.3 is 10.2 Å². The minimum absolute atomic E-state index is 0.0611. The number of nitrogens with zero attached hydrogens (tertiary/aromatic N) is 2. The van der Waals surface area contributed by atoms with Crippen LogP contribution in [0.5, 0.6) is 11.5 Å². The molecule has 0 spiro atoms. The van der Waals surface area contributed by atoms with E-state index in [1.165, 1.54) is 17.4 Å². The summed E-state index contributed by atoms with van der Waals surface area (Å²) in [5.74, 6) is -0.157. The summed E-state index contributed by atoms with van der Waals surface area (Å²) in [5.41, 5.74) is 1.81. The van der Waals surface area contributed by atoms with Gasteiger partial charge in [-0.1, -0.05) is 23.5 Å². The summed E-state index contributed by atoms with van der Waals surface area (Å²) in [4.78, 5) is 17.7. The van der Waals surface area contributed by atoms with Gasteiger partial charge in [-0.3, -0.25) is 4.79 Å². The Kier molecular flexibility index (Phi) is 3.14. The Morgan fingerprint density at radius 2 is 1.96 bits per heavy atom. The Morgan fingerprint density at radius 1 is 1.17 bits per heavy atom. The number of phenols is 2. The molecular weight excluding hydrogens is 380 g/mol. The fourth-order valence-electron chi connectivity index (χ4n) is 2.44. The minimum atomic E-state index is -0.178. The highest BCUT2D eigenvalue weighted by atomic mass is 79.9. The van der Waals surface area contributed by atoms with Gasteiger partial charge in [0.05, 0.1) is 20.0 Å². The number of benzene rings is 2. The first-order chi connectivity index (χ1) is 11.0. The molecule has 4 aromatic rings. The lowest BCUT2D eigenvalue weighted by molar-refractivity contribution is 0.447. The summed E-state index contributed by atoms with van der Waals surface area (Å²) in [6.07, 6.45) is 1.59. The molecule has 0 aliphatic rings. The van der Waals surface area contributed by atoms with E-state index in [4.69, 9.17) is 0 Å². The van der Waals surface area contributed by atoms with Crippen molar-refractivity contribution >= 4 is 49.3 Å².